The second-order valence-electron chi connectivity index (χ2n) is 4.68. The minimum absolute atomic E-state index is 0.120. The predicted octanol–water partition coefficient (Wildman–Crippen LogP) is 3.70. The van der Waals surface area contributed by atoms with Gasteiger partial charge in [-0.25, -0.2) is 4.39 Å². The summed E-state index contributed by atoms with van der Waals surface area (Å²) in [6.45, 7) is 3.39. The normalized spacial score (nSPS) is 14.8. The van der Waals surface area contributed by atoms with Crippen molar-refractivity contribution >= 4 is 0 Å². The van der Waals surface area contributed by atoms with Gasteiger partial charge in [0.25, 0.3) is 0 Å². The molecule has 0 bridgehead atoms. The number of alkyl halides is 4. The van der Waals surface area contributed by atoms with Gasteiger partial charge in [0.1, 0.15) is 6.17 Å². The van der Waals surface area contributed by atoms with Crippen LogP contribution >= 0.6 is 0 Å². The molecule has 0 fully saturated rings. The van der Waals surface area contributed by atoms with Crippen LogP contribution in [0.25, 0.3) is 0 Å². The zero-order chi connectivity index (χ0) is 13.3. The Morgan fingerprint density at radius 2 is 1.59 bits per heavy atom. The van der Waals surface area contributed by atoms with Crippen LogP contribution in [-0.2, 0) is 6.18 Å². The van der Waals surface area contributed by atoms with E-state index in [-0.39, 0.29) is 12.1 Å². The smallest absolute Gasteiger partial charge is 0.330 e. The van der Waals surface area contributed by atoms with Crippen molar-refractivity contribution in [2.24, 2.45) is 11.1 Å². The highest BCUT2D eigenvalue weighted by molar-refractivity contribution is 5.27. The zero-order valence-electron chi connectivity index (χ0n) is 9.68. The minimum Gasteiger partial charge on any atom is -0.330 e. The van der Waals surface area contributed by atoms with Gasteiger partial charge in [0, 0.05) is 12.0 Å². The van der Waals surface area contributed by atoms with E-state index in [4.69, 9.17) is 5.73 Å². The van der Waals surface area contributed by atoms with E-state index >= 15 is 0 Å². The summed E-state index contributed by atoms with van der Waals surface area (Å²) in [5, 5.41) is 0. The molecule has 0 aliphatic heterocycles. The number of hydrogen-bond donors (Lipinski definition) is 1. The first-order chi connectivity index (χ1) is 7.68. The molecule has 0 saturated carbocycles. The first-order valence-corrected chi connectivity index (χ1v) is 5.20. The van der Waals surface area contributed by atoms with Crippen LogP contribution in [0.2, 0.25) is 0 Å². The minimum atomic E-state index is -4.40. The van der Waals surface area contributed by atoms with Crippen LogP contribution in [0, 0.1) is 5.41 Å². The first kappa shape index (κ1) is 14.0. The number of nitrogens with two attached hydrogens (primary N) is 1. The topological polar surface area (TPSA) is 26.0 Å². The summed E-state index contributed by atoms with van der Waals surface area (Å²) in [6.07, 6.45) is -5.77. The predicted molar refractivity (Wildman–Crippen MR) is 58.1 cm³/mol. The molecule has 0 heterocycles. The number of benzene rings is 1. The van der Waals surface area contributed by atoms with E-state index in [9.17, 15) is 17.6 Å². The molecule has 1 unspecified atom stereocenters. The molecule has 1 atom stereocenters. The lowest BCUT2D eigenvalue weighted by Gasteiger charge is -2.27. The molecule has 0 amide bonds. The standard InChI is InChI=1S/C12H15F4N/c1-11(2,7-17)10(13)8-3-5-9(6-4-8)12(14,15)16/h3-6,10H,7,17H2,1-2H3. The van der Waals surface area contributed by atoms with Crippen LogP contribution in [0.5, 0.6) is 0 Å². The van der Waals surface area contributed by atoms with E-state index in [1.54, 1.807) is 13.8 Å². The third kappa shape index (κ3) is 3.19. The van der Waals surface area contributed by atoms with Crippen molar-refractivity contribution in [3.8, 4) is 0 Å². The summed E-state index contributed by atoms with van der Waals surface area (Å²) in [4.78, 5) is 0. The molecule has 1 rings (SSSR count). The monoisotopic (exact) mass is 249 g/mol. The van der Waals surface area contributed by atoms with Gasteiger partial charge in [0.15, 0.2) is 0 Å². The van der Waals surface area contributed by atoms with Crippen LogP contribution in [0.4, 0.5) is 17.6 Å². The fraction of sp³-hybridized carbons (Fsp3) is 0.500. The molecule has 5 heteroatoms. The molecule has 96 valence electrons. The number of rotatable bonds is 3. The van der Waals surface area contributed by atoms with Crippen LogP contribution < -0.4 is 5.73 Å². The molecular weight excluding hydrogens is 234 g/mol. The molecule has 2 N–H and O–H groups in total. The number of hydrogen-bond acceptors (Lipinski definition) is 1. The summed E-state index contributed by atoms with van der Waals surface area (Å²) >= 11 is 0. The second kappa shape index (κ2) is 4.64. The Morgan fingerprint density at radius 1 is 1.12 bits per heavy atom. The van der Waals surface area contributed by atoms with Gasteiger partial charge in [-0.1, -0.05) is 26.0 Å². The maximum absolute atomic E-state index is 14.0. The lowest BCUT2D eigenvalue weighted by Crippen LogP contribution is -2.28. The van der Waals surface area contributed by atoms with Crippen LogP contribution in [0.1, 0.15) is 31.1 Å². The number of halogens is 4. The van der Waals surface area contributed by atoms with E-state index in [2.05, 4.69) is 0 Å². The van der Waals surface area contributed by atoms with Crippen LogP contribution in [-0.4, -0.2) is 6.54 Å². The quantitative estimate of drug-likeness (QED) is 0.812. The summed E-state index contributed by atoms with van der Waals surface area (Å²) in [5.41, 5.74) is 4.07. The molecule has 17 heavy (non-hydrogen) atoms. The lowest BCUT2D eigenvalue weighted by atomic mass is 9.84. The summed E-state index contributed by atoms with van der Waals surface area (Å²) in [7, 11) is 0. The fourth-order valence-electron chi connectivity index (χ4n) is 1.40. The highest BCUT2D eigenvalue weighted by Gasteiger charge is 2.32. The van der Waals surface area contributed by atoms with E-state index in [0.717, 1.165) is 24.3 Å². The van der Waals surface area contributed by atoms with Crippen molar-refractivity contribution < 1.29 is 17.6 Å². The Morgan fingerprint density at radius 3 is 1.94 bits per heavy atom. The van der Waals surface area contributed by atoms with Crippen molar-refractivity contribution in [1.29, 1.82) is 0 Å². The Labute approximate surface area is 97.6 Å². The van der Waals surface area contributed by atoms with Crippen molar-refractivity contribution in [2.45, 2.75) is 26.2 Å². The Balaban J connectivity index is 2.96. The average molecular weight is 249 g/mol. The largest absolute Gasteiger partial charge is 0.416 e. The van der Waals surface area contributed by atoms with Gasteiger partial charge in [-0.05, 0) is 17.7 Å². The molecular formula is C12H15F4N. The summed E-state index contributed by atoms with van der Waals surface area (Å²) in [6, 6.07) is 4.08. The first-order valence-electron chi connectivity index (χ1n) is 5.20. The maximum atomic E-state index is 14.0. The molecule has 1 nitrogen and oxygen atoms in total. The average Bonchev–Trinajstić information content (AvgIpc) is 2.27. The Bertz CT molecular complexity index is 367. The van der Waals surface area contributed by atoms with Gasteiger partial charge < -0.3 is 5.73 Å². The van der Waals surface area contributed by atoms with Gasteiger partial charge in [0.2, 0.25) is 0 Å². The third-order valence-corrected chi connectivity index (χ3v) is 2.74. The van der Waals surface area contributed by atoms with Crippen LogP contribution in [0.3, 0.4) is 0 Å². The van der Waals surface area contributed by atoms with Gasteiger partial charge in [-0.15, -0.1) is 0 Å². The summed E-state index contributed by atoms with van der Waals surface area (Å²) in [5.74, 6) is 0. The molecule has 0 spiro atoms. The van der Waals surface area contributed by atoms with E-state index in [1.165, 1.54) is 0 Å². The van der Waals surface area contributed by atoms with Gasteiger partial charge in [0.05, 0.1) is 5.56 Å². The highest BCUT2D eigenvalue weighted by Crippen LogP contribution is 2.37. The molecule has 1 aromatic carbocycles. The van der Waals surface area contributed by atoms with Crippen molar-refractivity contribution in [1.82, 2.24) is 0 Å². The van der Waals surface area contributed by atoms with Crippen LogP contribution in [0.15, 0.2) is 24.3 Å². The maximum Gasteiger partial charge on any atom is 0.416 e. The van der Waals surface area contributed by atoms with E-state index in [1.807, 2.05) is 0 Å². The third-order valence-electron chi connectivity index (χ3n) is 2.74. The van der Waals surface area contributed by atoms with Gasteiger partial charge in [-0.3, -0.25) is 0 Å². The molecule has 0 aromatic heterocycles. The van der Waals surface area contributed by atoms with E-state index < -0.39 is 23.3 Å². The molecule has 0 radical (unpaired) electrons. The SMILES string of the molecule is CC(C)(CN)C(F)c1ccc(C(F)(F)F)cc1. The van der Waals surface area contributed by atoms with Gasteiger partial charge in [-0.2, -0.15) is 13.2 Å². The van der Waals surface area contributed by atoms with Crippen molar-refractivity contribution in [3.63, 3.8) is 0 Å². The lowest BCUT2D eigenvalue weighted by molar-refractivity contribution is -0.137. The molecule has 1 aromatic rings. The molecule has 0 saturated heterocycles. The zero-order valence-corrected chi connectivity index (χ0v) is 9.68. The molecule has 0 aliphatic carbocycles. The fourth-order valence-corrected chi connectivity index (χ4v) is 1.40. The van der Waals surface area contributed by atoms with Crippen molar-refractivity contribution in [2.75, 3.05) is 6.54 Å². The van der Waals surface area contributed by atoms with Crippen molar-refractivity contribution in [3.05, 3.63) is 35.4 Å². The second-order valence-corrected chi connectivity index (χ2v) is 4.68. The van der Waals surface area contributed by atoms with Gasteiger partial charge >= 0.3 is 6.18 Å². The Hall–Kier alpha value is -1.10. The summed E-state index contributed by atoms with van der Waals surface area (Å²) < 4.78 is 50.9. The molecule has 0 aliphatic rings. The highest BCUT2D eigenvalue weighted by atomic mass is 19.4. The Kier molecular flexibility index (Phi) is 3.81. The van der Waals surface area contributed by atoms with E-state index in [0.29, 0.717) is 0 Å².